The first kappa shape index (κ1) is 12.6. The van der Waals surface area contributed by atoms with E-state index < -0.39 is 5.41 Å². The first-order valence-electron chi connectivity index (χ1n) is 5.80. The van der Waals surface area contributed by atoms with Gasteiger partial charge in [0, 0.05) is 5.69 Å². The van der Waals surface area contributed by atoms with Crippen molar-refractivity contribution in [3.63, 3.8) is 0 Å². The van der Waals surface area contributed by atoms with E-state index in [1.54, 1.807) is 6.07 Å². The van der Waals surface area contributed by atoms with Crippen molar-refractivity contribution in [2.24, 2.45) is 5.84 Å². The molecule has 0 fully saturated rings. The Balaban J connectivity index is 2.33. The van der Waals surface area contributed by atoms with Crippen LogP contribution in [0.2, 0.25) is 0 Å². The van der Waals surface area contributed by atoms with Gasteiger partial charge in [0.15, 0.2) is 5.78 Å². The van der Waals surface area contributed by atoms with E-state index in [2.05, 4.69) is 5.32 Å². The number of hydrogen-bond acceptors (Lipinski definition) is 4. The standard InChI is InChI=1S/C13H17N3O2/c1-8(17)7-16(14)9-4-5-10-11(6-9)15-12(18)13(10,2)3/h4-6H,7,14H2,1-3H3,(H,15,18). The topological polar surface area (TPSA) is 75.4 Å². The molecule has 0 saturated heterocycles. The van der Waals surface area contributed by atoms with Crippen molar-refractivity contribution in [1.82, 2.24) is 0 Å². The van der Waals surface area contributed by atoms with Crippen LogP contribution in [0.25, 0.3) is 0 Å². The minimum atomic E-state index is -0.520. The number of amides is 1. The number of carbonyl (C=O) groups is 2. The average Bonchev–Trinajstić information content (AvgIpc) is 2.48. The van der Waals surface area contributed by atoms with Crippen molar-refractivity contribution in [2.45, 2.75) is 26.2 Å². The average molecular weight is 247 g/mol. The van der Waals surface area contributed by atoms with Gasteiger partial charge < -0.3 is 10.3 Å². The fraction of sp³-hybridized carbons (Fsp3) is 0.385. The number of carbonyl (C=O) groups excluding carboxylic acids is 2. The van der Waals surface area contributed by atoms with Gasteiger partial charge in [0.2, 0.25) is 5.91 Å². The number of nitrogens with two attached hydrogens (primary N) is 1. The molecule has 1 aromatic carbocycles. The second kappa shape index (κ2) is 4.10. The van der Waals surface area contributed by atoms with Crippen molar-refractivity contribution >= 4 is 23.1 Å². The number of anilines is 2. The number of Topliss-reactive ketones (excluding diaryl/α,β-unsaturated/α-hetero) is 1. The summed E-state index contributed by atoms with van der Waals surface area (Å²) in [5.74, 6) is 5.76. The Morgan fingerprint density at radius 1 is 1.44 bits per heavy atom. The molecule has 1 amide bonds. The van der Waals surface area contributed by atoms with E-state index in [1.165, 1.54) is 11.9 Å². The normalized spacial score (nSPS) is 16.1. The quantitative estimate of drug-likeness (QED) is 0.621. The molecule has 1 aliphatic heterocycles. The number of benzene rings is 1. The minimum Gasteiger partial charge on any atom is -0.325 e. The number of hydrogen-bond donors (Lipinski definition) is 2. The number of nitrogens with zero attached hydrogens (tertiary/aromatic N) is 1. The van der Waals surface area contributed by atoms with Crippen molar-refractivity contribution in [3.05, 3.63) is 23.8 Å². The van der Waals surface area contributed by atoms with Gasteiger partial charge in [-0.2, -0.15) is 0 Å². The van der Waals surface area contributed by atoms with Crippen molar-refractivity contribution in [3.8, 4) is 0 Å². The molecule has 1 heterocycles. The second-order valence-electron chi connectivity index (χ2n) is 5.14. The van der Waals surface area contributed by atoms with Crippen LogP contribution in [0.4, 0.5) is 11.4 Å². The van der Waals surface area contributed by atoms with E-state index in [1.807, 2.05) is 26.0 Å². The Kier molecular flexibility index (Phi) is 2.86. The number of fused-ring (bicyclic) bond motifs is 1. The minimum absolute atomic E-state index is 0.0117. The molecule has 18 heavy (non-hydrogen) atoms. The summed E-state index contributed by atoms with van der Waals surface area (Å²) in [5, 5.41) is 4.21. The predicted molar refractivity (Wildman–Crippen MR) is 70.3 cm³/mol. The Labute approximate surface area is 106 Å². The van der Waals surface area contributed by atoms with Crippen molar-refractivity contribution < 1.29 is 9.59 Å². The summed E-state index contributed by atoms with van der Waals surface area (Å²) in [6.45, 7) is 5.39. The lowest BCUT2D eigenvalue weighted by Gasteiger charge is -2.19. The monoisotopic (exact) mass is 247 g/mol. The molecule has 1 aromatic rings. The summed E-state index contributed by atoms with van der Waals surface area (Å²) in [6, 6.07) is 5.50. The lowest BCUT2D eigenvalue weighted by Crippen LogP contribution is -2.35. The lowest BCUT2D eigenvalue weighted by molar-refractivity contribution is -0.119. The van der Waals surface area contributed by atoms with Crippen LogP contribution in [0.15, 0.2) is 18.2 Å². The SMILES string of the molecule is CC(=O)CN(N)c1ccc2c(c1)NC(=O)C2(C)C. The molecule has 0 unspecified atom stereocenters. The Morgan fingerprint density at radius 3 is 2.72 bits per heavy atom. The van der Waals surface area contributed by atoms with E-state index in [4.69, 9.17) is 5.84 Å². The molecule has 5 heteroatoms. The maximum absolute atomic E-state index is 11.8. The fourth-order valence-corrected chi connectivity index (χ4v) is 2.09. The third-order valence-electron chi connectivity index (χ3n) is 3.22. The molecule has 0 spiro atoms. The lowest BCUT2D eigenvalue weighted by atomic mass is 9.86. The Hall–Kier alpha value is -1.88. The van der Waals surface area contributed by atoms with Crippen LogP contribution in [0.1, 0.15) is 26.3 Å². The molecule has 3 N–H and O–H groups in total. The third-order valence-corrected chi connectivity index (χ3v) is 3.22. The molecule has 0 bridgehead atoms. The Morgan fingerprint density at radius 2 is 2.11 bits per heavy atom. The predicted octanol–water partition coefficient (Wildman–Crippen LogP) is 1.19. The highest BCUT2D eigenvalue weighted by Gasteiger charge is 2.38. The smallest absolute Gasteiger partial charge is 0.234 e. The number of hydrazine groups is 1. The summed E-state index contributed by atoms with van der Waals surface area (Å²) >= 11 is 0. The van der Waals surface area contributed by atoms with Gasteiger partial charge in [-0.15, -0.1) is 0 Å². The van der Waals surface area contributed by atoms with Crippen LogP contribution < -0.4 is 16.2 Å². The maximum atomic E-state index is 11.8. The molecular formula is C13H17N3O2. The number of rotatable bonds is 3. The van der Waals surface area contributed by atoms with Crippen molar-refractivity contribution in [1.29, 1.82) is 0 Å². The van der Waals surface area contributed by atoms with Crippen LogP contribution >= 0.6 is 0 Å². The summed E-state index contributed by atoms with van der Waals surface area (Å²) in [7, 11) is 0. The number of ketones is 1. The van der Waals surface area contributed by atoms with Crippen LogP contribution in [0.5, 0.6) is 0 Å². The van der Waals surface area contributed by atoms with Crippen LogP contribution in [-0.4, -0.2) is 18.2 Å². The molecular weight excluding hydrogens is 230 g/mol. The van der Waals surface area contributed by atoms with Crippen LogP contribution in [-0.2, 0) is 15.0 Å². The molecule has 5 nitrogen and oxygen atoms in total. The molecule has 0 aromatic heterocycles. The summed E-state index contributed by atoms with van der Waals surface area (Å²) < 4.78 is 0. The first-order valence-corrected chi connectivity index (χ1v) is 5.80. The zero-order valence-corrected chi connectivity index (χ0v) is 10.8. The first-order chi connectivity index (χ1) is 8.32. The molecule has 0 radical (unpaired) electrons. The Bertz CT molecular complexity index is 523. The highest BCUT2D eigenvalue weighted by atomic mass is 16.2. The number of nitrogens with one attached hydrogen (secondary N) is 1. The fourth-order valence-electron chi connectivity index (χ4n) is 2.09. The van der Waals surface area contributed by atoms with Gasteiger partial charge in [-0.05, 0) is 38.5 Å². The molecule has 0 atom stereocenters. The third kappa shape index (κ3) is 1.97. The highest BCUT2D eigenvalue weighted by molar-refractivity contribution is 6.06. The maximum Gasteiger partial charge on any atom is 0.234 e. The molecule has 2 rings (SSSR count). The van der Waals surface area contributed by atoms with Gasteiger partial charge >= 0.3 is 0 Å². The van der Waals surface area contributed by atoms with Gasteiger partial charge in [-0.3, -0.25) is 9.59 Å². The summed E-state index contributed by atoms with van der Waals surface area (Å²) in [4.78, 5) is 22.8. The van der Waals surface area contributed by atoms with Gasteiger partial charge in [0.1, 0.15) is 0 Å². The van der Waals surface area contributed by atoms with Gasteiger partial charge in [-0.1, -0.05) is 6.07 Å². The zero-order valence-electron chi connectivity index (χ0n) is 10.8. The van der Waals surface area contributed by atoms with Gasteiger partial charge in [0.05, 0.1) is 17.6 Å². The van der Waals surface area contributed by atoms with Gasteiger partial charge in [-0.25, -0.2) is 5.84 Å². The van der Waals surface area contributed by atoms with E-state index in [9.17, 15) is 9.59 Å². The molecule has 1 aliphatic rings. The summed E-state index contributed by atoms with van der Waals surface area (Å²) in [5.41, 5.74) is 1.91. The van der Waals surface area contributed by atoms with E-state index >= 15 is 0 Å². The highest BCUT2D eigenvalue weighted by Crippen LogP contribution is 2.38. The zero-order chi connectivity index (χ0) is 13.5. The van der Waals surface area contributed by atoms with Crippen LogP contribution in [0.3, 0.4) is 0 Å². The second-order valence-corrected chi connectivity index (χ2v) is 5.14. The van der Waals surface area contributed by atoms with Crippen LogP contribution in [0, 0.1) is 0 Å². The molecule has 96 valence electrons. The summed E-state index contributed by atoms with van der Waals surface area (Å²) in [6.07, 6.45) is 0. The van der Waals surface area contributed by atoms with E-state index in [-0.39, 0.29) is 18.2 Å². The van der Waals surface area contributed by atoms with Crippen molar-refractivity contribution in [2.75, 3.05) is 16.9 Å². The van der Waals surface area contributed by atoms with Gasteiger partial charge in [0.25, 0.3) is 0 Å². The molecule has 0 aliphatic carbocycles. The van der Waals surface area contributed by atoms with E-state index in [0.29, 0.717) is 5.69 Å². The van der Waals surface area contributed by atoms with E-state index in [0.717, 1.165) is 11.3 Å². The molecule has 0 saturated carbocycles. The largest absolute Gasteiger partial charge is 0.325 e.